The second-order valence-corrected chi connectivity index (χ2v) is 5.53. The van der Waals surface area contributed by atoms with Crippen LogP contribution in [0.1, 0.15) is 26.7 Å². The Morgan fingerprint density at radius 1 is 1.50 bits per heavy atom. The molecule has 0 bridgehead atoms. The number of hydrogen-bond acceptors (Lipinski definition) is 4. The smallest absolute Gasteiger partial charge is 0.211 e. The van der Waals surface area contributed by atoms with Crippen molar-refractivity contribution in [1.82, 2.24) is 15.1 Å². The van der Waals surface area contributed by atoms with E-state index in [2.05, 4.69) is 30.1 Å². The van der Waals surface area contributed by atoms with Gasteiger partial charge in [0.05, 0.1) is 12.1 Å². The van der Waals surface area contributed by atoms with Gasteiger partial charge in [0.25, 0.3) is 0 Å². The zero-order valence-electron chi connectivity index (χ0n) is 11.2. The van der Waals surface area contributed by atoms with Crippen LogP contribution in [-0.4, -0.2) is 60.0 Å². The summed E-state index contributed by atoms with van der Waals surface area (Å²) in [5.74, 6) is 0. The Balaban J connectivity index is 2.17. The first kappa shape index (κ1) is 13.3. The molecule has 0 radical (unpaired) electrons. The topological polar surface area (TPSA) is 59.4 Å². The number of nitriles is 1. The summed E-state index contributed by atoms with van der Waals surface area (Å²) in [5, 5.41) is 13.0. The number of amides is 1. The highest BCUT2D eigenvalue weighted by Crippen LogP contribution is 2.32. The first-order chi connectivity index (χ1) is 8.64. The van der Waals surface area contributed by atoms with Crippen LogP contribution in [0.2, 0.25) is 0 Å². The Morgan fingerprint density at radius 2 is 2.28 bits per heavy atom. The van der Waals surface area contributed by atoms with Crippen LogP contribution >= 0.6 is 0 Å². The molecule has 0 saturated carbocycles. The standard InChI is InChI=1S/C13H22N4O/c1-11(2)16-7-5-15-12(8-16)13(9-14)4-3-6-17(13)10-18/h10-12,15H,3-8H2,1-2H3. The van der Waals surface area contributed by atoms with E-state index in [1.54, 1.807) is 4.90 Å². The fourth-order valence-corrected chi connectivity index (χ4v) is 3.14. The minimum Gasteiger partial charge on any atom is -0.325 e. The fraction of sp³-hybridized carbons (Fsp3) is 0.846. The van der Waals surface area contributed by atoms with Crippen molar-refractivity contribution in [3.05, 3.63) is 0 Å². The molecule has 0 aromatic carbocycles. The lowest BCUT2D eigenvalue weighted by Gasteiger charge is -2.44. The van der Waals surface area contributed by atoms with Gasteiger partial charge in [0.15, 0.2) is 0 Å². The van der Waals surface area contributed by atoms with E-state index in [0.717, 1.165) is 38.9 Å². The van der Waals surface area contributed by atoms with Crippen LogP contribution in [0.3, 0.4) is 0 Å². The molecule has 2 fully saturated rings. The SMILES string of the molecule is CC(C)N1CCNC(C2(C#N)CCCN2C=O)C1. The minimum absolute atomic E-state index is 0.0614. The van der Waals surface area contributed by atoms with Crippen LogP contribution in [0.15, 0.2) is 0 Å². The maximum atomic E-state index is 11.2. The van der Waals surface area contributed by atoms with E-state index in [4.69, 9.17) is 0 Å². The van der Waals surface area contributed by atoms with Gasteiger partial charge in [-0.15, -0.1) is 0 Å². The van der Waals surface area contributed by atoms with Crippen molar-refractivity contribution in [3.8, 4) is 6.07 Å². The maximum absolute atomic E-state index is 11.2. The molecule has 2 atom stereocenters. The van der Waals surface area contributed by atoms with E-state index < -0.39 is 5.54 Å². The Kier molecular flexibility index (Phi) is 3.88. The van der Waals surface area contributed by atoms with Gasteiger partial charge in [-0.05, 0) is 26.7 Å². The first-order valence-corrected chi connectivity index (χ1v) is 6.75. The van der Waals surface area contributed by atoms with E-state index >= 15 is 0 Å². The number of hydrogen-bond donors (Lipinski definition) is 1. The summed E-state index contributed by atoms with van der Waals surface area (Å²) < 4.78 is 0. The highest BCUT2D eigenvalue weighted by atomic mass is 16.1. The van der Waals surface area contributed by atoms with Crippen molar-refractivity contribution in [2.45, 2.75) is 44.3 Å². The van der Waals surface area contributed by atoms with Crippen LogP contribution in [0.4, 0.5) is 0 Å². The van der Waals surface area contributed by atoms with E-state index in [9.17, 15) is 10.1 Å². The summed E-state index contributed by atoms with van der Waals surface area (Å²) in [7, 11) is 0. The van der Waals surface area contributed by atoms with Gasteiger partial charge in [-0.1, -0.05) is 0 Å². The van der Waals surface area contributed by atoms with Crippen molar-refractivity contribution in [2.24, 2.45) is 0 Å². The van der Waals surface area contributed by atoms with Gasteiger partial charge in [0, 0.05) is 32.2 Å². The quantitative estimate of drug-likeness (QED) is 0.726. The highest BCUT2D eigenvalue weighted by Gasteiger charge is 2.48. The lowest BCUT2D eigenvalue weighted by atomic mass is 9.87. The van der Waals surface area contributed by atoms with Crippen molar-refractivity contribution >= 4 is 6.41 Å². The molecule has 1 amide bonds. The summed E-state index contributed by atoms with van der Waals surface area (Å²) >= 11 is 0. The molecule has 5 heteroatoms. The molecule has 0 aromatic rings. The molecule has 2 unspecified atom stereocenters. The van der Waals surface area contributed by atoms with Gasteiger partial charge in [0.2, 0.25) is 6.41 Å². The van der Waals surface area contributed by atoms with E-state index in [1.165, 1.54) is 0 Å². The Labute approximate surface area is 109 Å². The molecule has 100 valence electrons. The number of nitrogens with zero attached hydrogens (tertiary/aromatic N) is 3. The van der Waals surface area contributed by atoms with Crippen molar-refractivity contribution in [2.75, 3.05) is 26.2 Å². The Bertz CT molecular complexity index is 351. The third-order valence-electron chi connectivity index (χ3n) is 4.30. The van der Waals surface area contributed by atoms with Crippen LogP contribution < -0.4 is 5.32 Å². The average Bonchev–Trinajstić information content (AvgIpc) is 2.82. The number of carbonyl (C=O) groups excluding carboxylic acids is 1. The number of piperazine rings is 1. The van der Waals surface area contributed by atoms with Gasteiger partial charge in [-0.2, -0.15) is 5.26 Å². The van der Waals surface area contributed by atoms with Gasteiger partial charge >= 0.3 is 0 Å². The van der Waals surface area contributed by atoms with Crippen molar-refractivity contribution in [1.29, 1.82) is 5.26 Å². The summed E-state index contributed by atoms with van der Waals surface area (Å²) in [4.78, 5) is 15.2. The maximum Gasteiger partial charge on any atom is 0.211 e. The molecule has 0 spiro atoms. The third-order valence-corrected chi connectivity index (χ3v) is 4.30. The summed E-state index contributed by atoms with van der Waals surface area (Å²) in [6, 6.07) is 2.96. The van der Waals surface area contributed by atoms with E-state index in [-0.39, 0.29) is 6.04 Å². The summed E-state index contributed by atoms with van der Waals surface area (Å²) in [6.07, 6.45) is 2.55. The first-order valence-electron chi connectivity index (χ1n) is 6.75. The summed E-state index contributed by atoms with van der Waals surface area (Å²) in [5.41, 5.74) is -0.644. The second-order valence-electron chi connectivity index (χ2n) is 5.53. The highest BCUT2D eigenvalue weighted by molar-refractivity contribution is 5.52. The predicted molar refractivity (Wildman–Crippen MR) is 68.8 cm³/mol. The second kappa shape index (κ2) is 5.25. The molecule has 2 aliphatic heterocycles. The normalized spacial score (nSPS) is 33.7. The Hall–Kier alpha value is -1.12. The molecule has 0 aliphatic carbocycles. The van der Waals surface area contributed by atoms with Crippen LogP contribution in [0, 0.1) is 11.3 Å². The molecule has 0 aromatic heterocycles. The number of nitrogens with one attached hydrogen (secondary N) is 1. The molecule has 1 N–H and O–H groups in total. The molecular weight excluding hydrogens is 228 g/mol. The lowest BCUT2D eigenvalue weighted by Crippen LogP contribution is -2.65. The monoisotopic (exact) mass is 250 g/mol. The van der Waals surface area contributed by atoms with Gasteiger partial charge in [0.1, 0.15) is 5.54 Å². The minimum atomic E-state index is -0.644. The average molecular weight is 250 g/mol. The largest absolute Gasteiger partial charge is 0.325 e. The zero-order chi connectivity index (χ0) is 13.2. The molecule has 2 heterocycles. The zero-order valence-corrected chi connectivity index (χ0v) is 11.2. The van der Waals surface area contributed by atoms with E-state index in [1.807, 2.05) is 0 Å². The molecule has 2 aliphatic rings. The molecule has 2 rings (SSSR count). The summed E-state index contributed by atoms with van der Waals surface area (Å²) in [6.45, 7) is 7.79. The predicted octanol–water partition coefficient (Wildman–Crippen LogP) is 0.183. The lowest BCUT2D eigenvalue weighted by molar-refractivity contribution is -0.121. The van der Waals surface area contributed by atoms with Gasteiger partial charge in [-0.25, -0.2) is 0 Å². The number of rotatable bonds is 3. The van der Waals surface area contributed by atoms with Crippen molar-refractivity contribution in [3.63, 3.8) is 0 Å². The van der Waals surface area contributed by atoms with E-state index in [0.29, 0.717) is 12.6 Å². The molecule has 5 nitrogen and oxygen atoms in total. The van der Waals surface area contributed by atoms with Crippen LogP contribution in [-0.2, 0) is 4.79 Å². The van der Waals surface area contributed by atoms with Gasteiger partial charge < -0.3 is 10.2 Å². The third kappa shape index (κ3) is 2.11. The Morgan fingerprint density at radius 3 is 2.89 bits per heavy atom. The number of carbonyl (C=O) groups is 1. The van der Waals surface area contributed by atoms with Gasteiger partial charge in [-0.3, -0.25) is 9.69 Å². The molecule has 2 saturated heterocycles. The van der Waals surface area contributed by atoms with Crippen LogP contribution in [0.25, 0.3) is 0 Å². The number of likely N-dealkylation sites (tertiary alicyclic amines) is 1. The molecule has 18 heavy (non-hydrogen) atoms. The van der Waals surface area contributed by atoms with Crippen molar-refractivity contribution < 1.29 is 4.79 Å². The fourth-order valence-electron chi connectivity index (χ4n) is 3.14. The molecular formula is C13H22N4O. The van der Waals surface area contributed by atoms with Crippen LogP contribution in [0.5, 0.6) is 0 Å².